The monoisotopic (exact) mass is 157 g/mol. The number of methoxy groups -OCH3 is 1. The molecule has 1 fully saturated rings. The first-order valence-corrected chi connectivity index (χ1v) is 4.47. The van der Waals surface area contributed by atoms with Crippen molar-refractivity contribution in [2.24, 2.45) is 5.92 Å². The van der Waals surface area contributed by atoms with Crippen molar-refractivity contribution in [1.82, 2.24) is 4.90 Å². The van der Waals surface area contributed by atoms with Crippen molar-refractivity contribution in [3.05, 3.63) is 0 Å². The minimum atomic E-state index is 0.730. The molecule has 1 saturated heterocycles. The van der Waals surface area contributed by atoms with Gasteiger partial charge in [-0.25, -0.2) is 0 Å². The van der Waals surface area contributed by atoms with Crippen molar-refractivity contribution in [2.45, 2.75) is 26.3 Å². The summed E-state index contributed by atoms with van der Waals surface area (Å²) >= 11 is 0. The Balaban J connectivity index is 2.00. The highest BCUT2D eigenvalue weighted by Gasteiger charge is 2.27. The number of hydrogen-bond acceptors (Lipinski definition) is 2. The first kappa shape index (κ1) is 9.01. The van der Waals surface area contributed by atoms with Crippen LogP contribution in [0.3, 0.4) is 0 Å². The van der Waals surface area contributed by atoms with Gasteiger partial charge in [0.25, 0.3) is 0 Å². The highest BCUT2D eigenvalue weighted by molar-refractivity contribution is 4.81. The SMILES string of the molecule is COCCC1CN(C(C)C)C1. The quantitative estimate of drug-likeness (QED) is 0.611. The Hall–Kier alpha value is -0.0800. The molecule has 0 aromatic heterocycles. The van der Waals surface area contributed by atoms with E-state index in [1.165, 1.54) is 19.5 Å². The molecule has 0 aromatic carbocycles. The van der Waals surface area contributed by atoms with Gasteiger partial charge in [-0.15, -0.1) is 0 Å². The molecule has 0 aromatic rings. The van der Waals surface area contributed by atoms with Crippen LogP contribution in [-0.4, -0.2) is 37.7 Å². The molecule has 2 nitrogen and oxygen atoms in total. The highest BCUT2D eigenvalue weighted by Crippen LogP contribution is 2.20. The van der Waals surface area contributed by atoms with Gasteiger partial charge in [0, 0.05) is 32.8 Å². The van der Waals surface area contributed by atoms with Crippen LogP contribution in [0.5, 0.6) is 0 Å². The zero-order chi connectivity index (χ0) is 8.27. The maximum atomic E-state index is 5.03. The number of rotatable bonds is 4. The van der Waals surface area contributed by atoms with E-state index < -0.39 is 0 Å². The van der Waals surface area contributed by atoms with Crippen LogP contribution in [0.4, 0.5) is 0 Å². The van der Waals surface area contributed by atoms with Gasteiger partial charge in [0.05, 0.1) is 0 Å². The topological polar surface area (TPSA) is 12.5 Å². The Bertz CT molecular complexity index is 108. The van der Waals surface area contributed by atoms with Crippen LogP contribution in [0.15, 0.2) is 0 Å². The fourth-order valence-corrected chi connectivity index (χ4v) is 1.50. The van der Waals surface area contributed by atoms with Gasteiger partial charge >= 0.3 is 0 Å². The smallest absolute Gasteiger partial charge is 0.0465 e. The lowest BCUT2D eigenvalue weighted by Gasteiger charge is -2.42. The van der Waals surface area contributed by atoms with Crippen molar-refractivity contribution in [1.29, 1.82) is 0 Å². The molecule has 11 heavy (non-hydrogen) atoms. The maximum absolute atomic E-state index is 5.03. The fourth-order valence-electron chi connectivity index (χ4n) is 1.50. The van der Waals surface area contributed by atoms with Crippen molar-refractivity contribution in [3.8, 4) is 0 Å². The zero-order valence-electron chi connectivity index (χ0n) is 7.84. The third-order valence-electron chi connectivity index (χ3n) is 2.45. The van der Waals surface area contributed by atoms with Gasteiger partial charge in [-0.1, -0.05) is 0 Å². The maximum Gasteiger partial charge on any atom is 0.0465 e. The number of likely N-dealkylation sites (tertiary alicyclic amines) is 1. The van der Waals surface area contributed by atoms with Crippen LogP contribution in [0, 0.1) is 5.92 Å². The highest BCUT2D eigenvalue weighted by atomic mass is 16.5. The van der Waals surface area contributed by atoms with Gasteiger partial charge in [0.1, 0.15) is 0 Å². The van der Waals surface area contributed by atoms with E-state index in [-0.39, 0.29) is 0 Å². The minimum Gasteiger partial charge on any atom is -0.385 e. The Morgan fingerprint density at radius 2 is 2.09 bits per heavy atom. The summed E-state index contributed by atoms with van der Waals surface area (Å²) in [6, 6.07) is 0.730. The van der Waals surface area contributed by atoms with Gasteiger partial charge in [0.2, 0.25) is 0 Å². The predicted octanol–water partition coefficient (Wildman–Crippen LogP) is 1.36. The van der Waals surface area contributed by atoms with E-state index in [0.29, 0.717) is 0 Å². The summed E-state index contributed by atoms with van der Waals surface area (Å²) in [5.41, 5.74) is 0. The lowest BCUT2D eigenvalue weighted by atomic mass is 9.95. The zero-order valence-corrected chi connectivity index (χ0v) is 7.84. The van der Waals surface area contributed by atoms with Gasteiger partial charge in [-0.2, -0.15) is 0 Å². The van der Waals surface area contributed by atoms with Crippen molar-refractivity contribution in [3.63, 3.8) is 0 Å². The van der Waals surface area contributed by atoms with E-state index >= 15 is 0 Å². The third kappa shape index (κ3) is 2.46. The van der Waals surface area contributed by atoms with Gasteiger partial charge in [-0.3, -0.25) is 0 Å². The molecule has 1 rings (SSSR count). The van der Waals surface area contributed by atoms with Crippen molar-refractivity contribution < 1.29 is 4.74 Å². The molecule has 0 bridgehead atoms. The summed E-state index contributed by atoms with van der Waals surface area (Å²) in [6.07, 6.45) is 1.24. The van der Waals surface area contributed by atoms with Gasteiger partial charge in [-0.05, 0) is 26.2 Å². The van der Waals surface area contributed by atoms with Crippen LogP contribution in [0.2, 0.25) is 0 Å². The van der Waals surface area contributed by atoms with E-state index in [9.17, 15) is 0 Å². The van der Waals surface area contributed by atoms with E-state index in [1.807, 2.05) is 0 Å². The largest absolute Gasteiger partial charge is 0.385 e. The molecule has 0 atom stereocenters. The average Bonchev–Trinajstić information content (AvgIpc) is 1.84. The molecule has 0 N–H and O–H groups in total. The summed E-state index contributed by atoms with van der Waals surface area (Å²) in [7, 11) is 1.78. The molecule has 1 aliphatic heterocycles. The lowest BCUT2D eigenvalue weighted by Crippen LogP contribution is -2.50. The molecule has 0 saturated carbocycles. The second-order valence-electron chi connectivity index (χ2n) is 3.70. The van der Waals surface area contributed by atoms with E-state index in [0.717, 1.165) is 18.6 Å². The molecular weight excluding hydrogens is 138 g/mol. The Labute approximate surface area is 69.5 Å². The molecule has 0 amide bonds. The molecule has 0 unspecified atom stereocenters. The first-order valence-electron chi connectivity index (χ1n) is 4.47. The molecule has 1 heterocycles. The third-order valence-corrected chi connectivity index (χ3v) is 2.45. The van der Waals surface area contributed by atoms with E-state index in [1.54, 1.807) is 7.11 Å². The number of ether oxygens (including phenoxy) is 1. The number of nitrogens with zero attached hydrogens (tertiary/aromatic N) is 1. The second-order valence-corrected chi connectivity index (χ2v) is 3.70. The van der Waals surface area contributed by atoms with Crippen LogP contribution in [0.1, 0.15) is 20.3 Å². The standard InChI is InChI=1S/C9H19NO/c1-8(2)10-6-9(7-10)4-5-11-3/h8-9H,4-7H2,1-3H3. The fraction of sp³-hybridized carbons (Fsp3) is 1.00. The molecule has 0 aliphatic carbocycles. The van der Waals surface area contributed by atoms with Crippen molar-refractivity contribution >= 4 is 0 Å². The summed E-state index contributed by atoms with van der Waals surface area (Å²) in [5.74, 6) is 0.900. The van der Waals surface area contributed by atoms with Crippen LogP contribution >= 0.6 is 0 Å². The van der Waals surface area contributed by atoms with E-state index in [2.05, 4.69) is 18.7 Å². The van der Waals surface area contributed by atoms with Crippen LogP contribution < -0.4 is 0 Å². The Morgan fingerprint density at radius 1 is 1.45 bits per heavy atom. The normalized spacial score (nSPS) is 20.7. The molecular formula is C9H19NO. The predicted molar refractivity (Wildman–Crippen MR) is 46.7 cm³/mol. The molecule has 0 spiro atoms. The summed E-state index contributed by atoms with van der Waals surface area (Å²) < 4.78 is 5.03. The van der Waals surface area contributed by atoms with E-state index in [4.69, 9.17) is 4.74 Å². The average molecular weight is 157 g/mol. The molecule has 66 valence electrons. The Morgan fingerprint density at radius 3 is 2.55 bits per heavy atom. The number of hydrogen-bond donors (Lipinski definition) is 0. The molecule has 2 heteroatoms. The summed E-state index contributed by atoms with van der Waals surface area (Å²) in [5, 5.41) is 0. The first-order chi connectivity index (χ1) is 5.24. The van der Waals surface area contributed by atoms with Crippen LogP contribution in [-0.2, 0) is 4.74 Å². The lowest BCUT2D eigenvalue weighted by molar-refractivity contribution is 0.0450. The second kappa shape index (κ2) is 4.07. The van der Waals surface area contributed by atoms with Gasteiger partial charge < -0.3 is 9.64 Å². The van der Waals surface area contributed by atoms with Crippen molar-refractivity contribution in [2.75, 3.05) is 26.8 Å². The minimum absolute atomic E-state index is 0.730. The summed E-state index contributed by atoms with van der Waals surface area (Å²) in [6.45, 7) is 8.00. The Kier molecular flexibility index (Phi) is 3.34. The van der Waals surface area contributed by atoms with Crippen LogP contribution in [0.25, 0.3) is 0 Å². The summed E-state index contributed by atoms with van der Waals surface area (Å²) in [4.78, 5) is 2.50. The van der Waals surface area contributed by atoms with Gasteiger partial charge in [0.15, 0.2) is 0 Å². The molecule has 1 aliphatic rings. The molecule has 0 radical (unpaired) electrons.